The highest BCUT2D eigenvalue weighted by molar-refractivity contribution is 6.36. The molecule has 3 heterocycles. The molecule has 0 fully saturated rings. The van der Waals surface area contributed by atoms with Gasteiger partial charge in [0.25, 0.3) is 0 Å². The third-order valence-corrected chi connectivity index (χ3v) is 11.2. The van der Waals surface area contributed by atoms with Gasteiger partial charge in [-0.2, -0.15) is 0 Å². The minimum Gasteiger partial charge on any atom is -0.309 e. The smallest absolute Gasteiger partial charge is 0.0628 e. The molecule has 8 aromatic carbocycles. The fraction of sp³-hybridized carbons (Fsp3) is 0. The summed E-state index contributed by atoms with van der Waals surface area (Å²) in [6.45, 7) is 0. The molecule has 0 N–H and O–H groups in total. The summed E-state index contributed by atoms with van der Waals surface area (Å²) in [7, 11) is 0. The van der Waals surface area contributed by atoms with Gasteiger partial charge in [0, 0.05) is 38.0 Å². The molecule has 0 unspecified atom stereocenters. The molecular weight excluding hydrogens is 605 g/mol. The van der Waals surface area contributed by atoms with E-state index >= 15 is 0 Å². The van der Waals surface area contributed by atoms with Gasteiger partial charge in [-0.15, -0.1) is 0 Å². The van der Waals surface area contributed by atoms with E-state index in [2.05, 4.69) is 179 Å². The lowest BCUT2D eigenvalue weighted by atomic mass is 9.80. The first-order valence-corrected chi connectivity index (χ1v) is 17.4. The molecule has 3 aromatic heterocycles. The van der Waals surface area contributed by atoms with E-state index in [9.17, 15) is 0 Å². The Morgan fingerprint density at radius 2 is 0.760 bits per heavy atom. The van der Waals surface area contributed by atoms with Crippen molar-refractivity contribution in [1.29, 1.82) is 0 Å². The fourth-order valence-electron chi connectivity index (χ4n) is 9.22. The molecule has 230 valence electrons. The number of rotatable bonds is 1. The Labute approximate surface area is 288 Å². The molecular formula is C48H28N2. The monoisotopic (exact) mass is 632 g/mol. The molecule has 0 amide bonds. The van der Waals surface area contributed by atoms with Gasteiger partial charge >= 0.3 is 0 Å². The van der Waals surface area contributed by atoms with Crippen LogP contribution in [0.4, 0.5) is 0 Å². The zero-order valence-electron chi connectivity index (χ0n) is 27.1. The first-order valence-electron chi connectivity index (χ1n) is 17.4. The molecule has 1 aliphatic rings. The van der Waals surface area contributed by atoms with E-state index in [1.807, 2.05) is 0 Å². The molecule has 0 atom stereocenters. The van der Waals surface area contributed by atoms with Gasteiger partial charge in [0.1, 0.15) is 0 Å². The molecule has 11 aromatic rings. The lowest BCUT2D eigenvalue weighted by Crippen LogP contribution is -1.98. The summed E-state index contributed by atoms with van der Waals surface area (Å²) in [6.07, 6.45) is 0. The minimum absolute atomic E-state index is 1.17. The fourth-order valence-corrected chi connectivity index (χ4v) is 9.22. The van der Waals surface area contributed by atoms with E-state index in [1.54, 1.807) is 0 Å². The standard InChI is InChI=1S/C48H28N2/c1-2-14-29(15-3-1)49-44-27-39-35-21-9-7-19-33(35)31-17-5-4-16-30(31)32-18-6-8-20-34(32)38(39)26-41(44)46-45(49)28-40-36-22-10-12-24-42(36)50-43-25-13-11-23-37(43)47(46)48(40)50/h1-28H. The molecule has 50 heavy (non-hydrogen) atoms. The molecule has 1 aliphatic carbocycles. The third-order valence-electron chi connectivity index (χ3n) is 11.2. The van der Waals surface area contributed by atoms with Crippen LogP contribution in [-0.4, -0.2) is 8.97 Å². The van der Waals surface area contributed by atoms with Crippen molar-refractivity contribution < 1.29 is 0 Å². The highest BCUT2D eigenvalue weighted by Gasteiger charge is 2.27. The summed E-state index contributed by atoms with van der Waals surface area (Å²) in [5.74, 6) is 0. The third kappa shape index (κ3) is 3.23. The molecule has 0 spiro atoms. The van der Waals surface area contributed by atoms with Crippen LogP contribution in [0.3, 0.4) is 0 Å². The van der Waals surface area contributed by atoms with Crippen molar-refractivity contribution in [2.45, 2.75) is 0 Å². The van der Waals surface area contributed by atoms with Crippen molar-refractivity contribution in [2.24, 2.45) is 0 Å². The molecule has 0 radical (unpaired) electrons. The second-order valence-corrected chi connectivity index (χ2v) is 13.6. The molecule has 0 saturated carbocycles. The largest absolute Gasteiger partial charge is 0.309 e. The van der Waals surface area contributed by atoms with Crippen LogP contribution in [0.2, 0.25) is 0 Å². The highest BCUT2D eigenvalue weighted by Crippen LogP contribution is 2.52. The van der Waals surface area contributed by atoms with Crippen LogP contribution in [0.5, 0.6) is 0 Å². The molecule has 2 heteroatoms. The maximum absolute atomic E-state index is 2.51. The van der Waals surface area contributed by atoms with E-state index in [1.165, 1.54) is 110 Å². The van der Waals surface area contributed by atoms with Crippen LogP contribution in [0.25, 0.3) is 110 Å². The van der Waals surface area contributed by atoms with Gasteiger partial charge in [0.15, 0.2) is 0 Å². The van der Waals surface area contributed by atoms with Crippen molar-refractivity contribution in [3.05, 3.63) is 170 Å². The molecule has 0 bridgehead atoms. The van der Waals surface area contributed by atoms with Gasteiger partial charge in [-0.3, -0.25) is 0 Å². The minimum atomic E-state index is 1.17. The average molecular weight is 633 g/mol. The quantitative estimate of drug-likeness (QED) is 0.170. The van der Waals surface area contributed by atoms with E-state index < -0.39 is 0 Å². The Morgan fingerprint density at radius 3 is 1.38 bits per heavy atom. The number of para-hydroxylation sites is 3. The number of nitrogens with zero attached hydrogens (tertiary/aromatic N) is 2. The van der Waals surface area contributed by atoms with Gasteiger partial charge in [0.05, 0.1) is 27.6 Å². The average Bonchev–Trinajstić information content (AvgIpc) is 3.81. The number of hydrogen-bond acceptors (Lipinski definition) is 0. The lowest BCUT2D eigenvalue weighted by molar-refractivity contribution is 1.18. The Bertz CT molecular complexity index is 3190. The van der Waals surface area contributed by atoms with Crippen LogP contribution in [0, 0.1) is 0 Å². The van der Waals surface area contributed by atoms with E-state index in [-0.39, 0.29) is 0 Å². The second kappa shape index (κ2) is 9.49. The Kier molecular flexibility index (Phi) is 5.00. The van der Waals surface area contributed by atoms with Crippen molar-refractivity contribution >= 4 is 59.9 Å². The maximum atomic E-state index is 2.51. The SMILES string of the molecule is c1ccc(-n2c3cc4c(cc3c3c5c6ccccc6n6c7ccccc7c(cc32)c56)-c2ccccc2-c2ccccc2-c2ccccc2-4)cc1. The summed E-state index contributed by atoms with van der Waals surface area (Å²) in [5.41, 5.74) is 17.5. The summed E-state index contributed by atoms with van der Waals surface area (Å²) in [4.78, 5) is 0. The van der Waals surface area contributed by atoms with Crippen molar-refractivity contribution in [1.82, 2.24) is 8.97 Å². The summed E-state index contributed by atoms with van der Waals surface area (Å²) in [5, 5.41) is 7.79. The van der Waals surface area contributed by atoms with Crippen LogP contribution in [0.1, 0.15) is 0 Å². The summed E-state index contributed by atoms with van der Waals surface area (Å²) < 4.78 is 5.01. The van der Waals surface area contributed by atoms with Crippen LogP contribution < -0.4 is 0 Å². The zero-order chi connectivity index (χ0) is 32.5. The Balaban J connectivity index is 1.35. The van der Waals surface area contributed by atoms with E-state index in [0.29, 0.717) is 0 Å². The van der Waals surface area contributed by atoms with E-state index in [4.69, 9.17) is 0 Å². The van der Waals surface area contributed by atoms with Gasteiger partial charge in [-0.05, 0) is 87.0 Å². The molecule has 2 nitrogen and oxygen atoms in total. The predicted molar refractivity (Wildman–Crippen MR) is 211 cm³/mol. The zero-order valence-corrected chi connectivity index (χ0v) is 27.1. The maximum Gasteiger partial charge on any atom is 0.0628 e. The van der Waals surface area contributed by atoms with Gasteiger partial charge in [-0.1, -0.05) is 127 Å². The van der Waals surface area contributed by atoms with Crippen LogP contribution in [-0.2, 0) is 0 Å². The summed E-state index contributed by atoms with van der Waals surface area (Å²) in [6, 6.07) is 63.0. The predicted octanol–water partition coefficient (Wildman–Crippen LogP) is 12.9. The summed E-state index contributed by atoms with van der Waals surface area (Å²) >= 11 is 0. The molecule has 12 rings (SSSR count). The number of aromatic nitrogens is 2. The lowest BCUT2D eigenvalue weighted by Gasteiger charge is -2.23. The topological polar surface area (TPSA) is 9.34 Å². The van der Waals surface area contributed by atoms with Crippen LogP contribution in [0.15, 0.2) is 170 Å². The van der Waals surface area contributed by atoms with Gasteiger partial charge in [0.2, 0.25) is 0 Å². The Morgan fingerprint density at radius 1 is 0.280 bits per heavy atom. The first kappa shape index (κ1) is 26.3. The van der Waals surface area contributed by atoms with Gasteiger partial charge in [-0.25, -0.2) is 0 Å². The highest BCUT2D eigenvalue weighted by atomic mass is 15.0. The van der Waals surface area contributed by atoms with Gasteiger partial charge < -0.3 is 8.97 Å². The van der Waals surface area contributed by atoms with Crippen molar-refractivity contribution in [2.75, 3.05) is 0 Å². The second-order valence-electron chi connectivity index (χ2n) is 13.6. The molecule has 0 aliphatic heterocycles. The van der Waals surface area contributed by atoms with Crippen molar-refractivity contribution in [3.8, 4) is 50.2 Å². The Hall–Kier alpha value is -6.64. The van der Waals surface area contributed by atoms with E-state index in [0.717, 1.165) is 0 Å². The first-order chi connectivity index (χ1) is 24.8. The van der Waals surface area contributed by atoms with Crippen LogP contribution >= 0.6 is 0 Å². The number of fused-ring (bicyclic) bond motifs is 18. The van der Waals surface area contributed by atoms with Crippen molar-refractivity contribution in [3.63, 3.8) is 0 Å². The molecule has 0 saturated heterocycles. The number of benzene rings is 8. The number of hydrogen-bond donors (Lipinski definition) is 0. The normalized spacial score (nSPS) is 12.4.